The van der Waals surface area contributed by atoms with E-state index in [-0.39, 0.29) is 25.1 Å². The molecule has 0 spiro atoms. The summed E-state index contributed by atoms with van der Waals surface area (Å²) in [6.07, 6.45) is 1.63. The van der Waals surface area contributed by atoms with E-state index in [1.54, 1.807) is 6.20 Å². The smallest absolute Gasteiger partial charge is 0.263 e. The van der Waals surface area contributed by atoms with Gasteiger partial charge in [0, 0.05) is 44.8 Å². The molecule has 0 saturated carbocycles. The predicted molar refractivity (Wildman–Crippen MR) is 103 cm³/mol. The van der Waals surface area contributed by atoms with Crippen molar-refractivity contribution in [3.05, 3.63) is 29.3 Å². The summed E-state index contributed by atoms with van der Waals surface area (Å²) in [5, 5.41) is 7.10. The van der Waals surface area contributed by atoms with Crippen LogP contribution >= 0.6 is 23.7 Å². The molecule has 2 aromatic rings. The molecule has 9 heteroatoms. The molecule has 0 bridgehead atoms. The summed E-state index contributed by atoms with van der Waals surface area (Å²) >= 11 is 1.38. The lowest BCUT2D eigenvalue weighted by atomic mass is 10.2. The highest BCUT2D eigenvalue weighted by molar-refractivity contribution is 7.16. The van der Waals surface area contributed by atoms with Gasteiger partial charge in [0.15, 0.2) is 11.5 Å². The molecule has 1 aromatic carbocycles. The Hall–Kier alpha value is -1.87. The number of nitrogens with one attached hydrogen (secondary N) is 2. The lowest BCUT2D eigenvalue weighted by Crippen LogP contribution is -2.46. The zero-order valence-electron chi connectivity index (χ0n) is 14.2. The third kappa shape index (κ3) is 4.27. The fourth-order valence-corrected chi connectivity index (χ4v) is 3.72. The molecule has 1 amide bonds. The van der Waals surface area contributed by atoms with Crippen molar-refractivity contribution in [1.82, 2.24) is 20.5 Å². The zero-order valence-corrected chi connectivity index (χ0v) is 15.8. The van der Waals surface area contributed by atoms with Crippen LogP contribution in [0.1, 0.15) is 9.67 Å². The van der Waals surface area contributed by atoms with Crippen molar-refractivity contribution in [2.75, 3.05) is 46.1 Å². The number of benzene rings is 1. The Bertz CT molecular complexity index is 764. The minimum atomic E-state index is -0.0698. The summed E-state index contributed by atoms with van der Waals surface area (Å²) in [6, 6.07) is 5.69. The van der Waals surface area contributed by atoms with Crippen LogP contribution in [-0.4, -0.2) is 61.9 Å². The second-order valence-electron chi connectivity index (χ2n) is 5.95. The Labute approximate surface area is 162 Å². The molecule has 1 aromatic heterocycles. The van der Waals surface area contributed by atoms with E-state index in [0.29, 0.717) is 11.4 Å². The standard InChI is InChI=1S/C17H20N4O3S.ClH/c22-16(19-5-8-21-6-3-18-4-7-21)15-10-20-17(25-15)12-1-2-13-14(9-12)24-11-23-13;/h1-2,9-10,18H,3-8,11H2,(H,19,22);1H. The van der Waals surface area contributed by atoms with Crippen LogP contribution in [0.4, 0.5) is 0 Å². The Balaban J connectivity index is 0.00000196. The van der Waals surface area contributed by atoms with Crippen molar-refractivity contribution in [2.24, 2.45) is 0 Å². The van der Waals surface area contributed by atoms with E-state index >= 15 is 0 Å². The van der Waals surface area contributed by atoms with Crippen LogP contribution in [0, 0.1) is 0 Å². The van der Waals surface area contributed by atoms with Crippen molar-refractivity contribution in [1.29, 1.82) is 0 Å². The van der Waals surface area contributed by atoms with E-state index < -0.39 is 0 Å². The number of thiazole rings is 1. The fraction of sp³-hybridized carbons (Fsp3) is 0.412. The highest BCUT2D eigenvalue weighted by Gasteiger charge is 2.17. The van der Waals surface area contributed by atoms with Crippen LogP contribution in [0.25, 0.3) is 10.6 Å². The molecule has 7 nitrogen and oxygen atoms in total. The molecule has 0 radical (unpaired) electrons. The van der Waals surface area contributed by atoms with Gasteiger partial charge in [-0.05, 0) is 18.2 Å². The Morgan fingerprint density at radius 2 is 2.08 bits per heavy atom. The summed E-state index contributed by atoms with van der Waals surface area (Å²) in [7, 11) is 0. The number of hydrogen-bond donors (Lipinski definition) is 2. The van der Waals surface area contributed by atoms with Crippen LogP contribution in [-0.2, 0) is 0 Å². The van der Waals surface area contributed by atoms with Gasteiger partial charge >= 0.3 is 0 Å². The molecule has 0 unspecified atom stereocenters. The number of aromatic nitrogens is 1. The van der Waals surface area contributed by atoms with Crippen molar-refractivity contribution < 1.29 is 14.3 Å². The lowest BCUT2D eigenvalue weighted by molar-refractivity contribution is 0.0951. The van der Waals surface area contributed by atoms with Crippen LogP contribution in [0.15, 0.2) is 24.4 Å². The first-order valence-electron chi connectivity index (χ1n) is 8.37. The predicted octanol–water partition coefficient (Wildman–Crippen LogP) is 1.60. The van der Waals surface area contributed by atoms with Gasteiger partial charge < -0.3 is 20.1 Å². The number of carbonyl (C=O) groups excluding carboxylic acids is 1. The summed E-state index contributed by atoms with van der Waals surface area (Å²) in [4.78, 5) is 19.6. The van der Waals surface area contributed by atoms with Gasteiger partial charge in [0.2, 0.25) is 6.79 Å². The first-order chi connectivity index (χ1) is 12.3. The monoisotopic (exact) mass is 396 g/mol. The Kier molecular flexibility index (Phi) is 6.31. The van der Waals surface area contributed by atoms with E-state index in [2.05, 4.69) is 20.5 Å². The molecule has 0 atom stereocenters. The van der Waals surface area contributed by atoms with Gasteiger partial charge in [-0.2, -0.15) is 0 Å². The van der Waals surface area contributed by atoms with Crippen LogP contribution < -0.4 is 20.1 Å². The van der Waals surface area contributed by atoms with Gasteiger partial charge in [0.1, 0.15) is 9.88 Å². The maximum Gasteiger partial charge on any atom is 0.263 e. The van der Waals surface area contributed by atoms with Gasteiger partial charge in [0.05, 0.1) is 6.20 Å². The molecule has 2 aliphatic heterocycles. The van der Waals surface area contributed by atoms with E-state index in [9.17, 15) is 4.79 Å². The number of amides is 1. The topological polar surface area (TPSA) is 75.7 Å². The van der Waals surface area contributed by atoms with Crippen LogP contribution in [0.5, 0.6) is 11.5 Å². The number of piperazine rings is 1. The van der Waals surface area contributed by atoms with Gasteiger partial charge in [0.25, 0.3) is 5.91 Å². The van der Waals surface area contributed by atoms with Crippen LogP contribution in [0.3, 0.4) is 0 Å². The third-order valence-electron chi connectivity index (χ3n) is 4.27. The van der Waals surface area contributed by atoms with E-state index in [1.165, 1.54) is 11.3 Å². The minimum Gasteiger partial charge on any atom is -0.454 e. The molecule has 1 saturated heterocycles. The SMILES string of the molecule is Cl.O=C(NCCN1CCNCC1)c1cnc(-c2ccc3c(c2)OCO3)s1. The van der Waals surface area contributed by atoms with Crippen molar-refractivity contribution in [3.63, 3.8) is 0 Å². The molecule has 3 heterocycles. The van der Waals surface area contributed by atoms with E-state index in [0.717, 1.165) is 54.8 Å². The molecule has 140 valence electrons. The molecular weight excluding hydrogens is 376 g/mol. The van der Waals surface area contributed by atoms with Crippen LogP contribution in [0.2, 0.25) is 0 Å². The van der Waals surface area contributed by atoms with Crippen molar-refractivity contribution in [3.8, 4) is 22.1 Å². The number of nitrogens with zero attached hydrogens (tertiary/aromatic N) is 2. The highest BCUT2D eigenvalue weighted by Crippen LogP contribution is 2.36. The van der Waals surface area contributed by atoms with Gasteiger partial charge in [-0.15, -0.1) is 23.7 Å². The van der Waals surface area contributed by atoms with E-state index in [4.69, 9.17) is 9.47 Å². The normalized spacial score (nSPS) is 16.2. The molecular formula is C17H21ClN4O3S. The first-order valence-corrected chi connectivity index (χ1v) is 9.18. The third-order valence-corrected chi connectivity index (χ3v) is 5.32. The highest BCUT2D eigenvalue weighted by atomic mass is 35.5. The lowest BCUT2D eigenvalue weighted by Gasteiger charge is -2.26. The second-order valence-corrected chi connectivity index (χ2v) is 6.98. The maximum absolute atomic E-state index is 12.3. The molecule has 2 N–H and O–H groups in total. The quantitative estimate of drug-likeness (QED) is 0.799. The van der Waals surface area contributed by atoms with Gasteiger partial charge in [-0.1, -0.05) is 0 Å². The summed E-state index contributed by atoms with van der Waals surface area (Å²) in [5.74, 6) is 1.39. The number of ether oxygens (including phenoxy) is 2. The number of hydrogen-bond acceptors (Lipinski definition) is 7. The number of rotatable bonds is 5. The average Bonchev–Trinajstić information content (AvgIpc) is 3.31. The van der Waals surface area contributed by atoms with Gasteiger partial charge in [-0.25, -0.2) is 4.98 Å². The summed E-state index contributed by atoms with van der Waals surface area (Å²) in [6.45, 7) is 5.87. The average molecular weight is 397 g/mol. The van der Waals surface area contributed by atoms with Crippen molar-refractivity contribution >= 4 is 29.7 Å². The number of halogens is 1. The fourth-order valence-electron chi connectivity index (χ4n) is 2.89. The Morgan fingerprint density at radius 3 is 2.92 bits per heavy atom. The summed E-state index contributed by atoms with van der Waals surface area (Å²) < 4.78 is 10.7. The van der Waals surface area contributed by atoms with E-state index in [1.807, 2.05) is 18.2 Å². The zero-order chi connectivity index (χ0) is 17.1. The number of carbonyl (C=O) groups is 1. The minimum absolute atomic E-state index is 0. The molecule has 0 aliphatic carbocycles. The molecule has 4 rings (SSSR count). The summed E-state index contributed by atoms with van der Waals surface area (Å²) in [5.41, 5.74) is 0.925. The molecule has 1 fully saturated rings. The largest absolute Gasteiger partial charge is 0.454 e. The first kappa shape index (κ1) is 18.9. The maximum atomic E-state index is 12.3. The number of fused-ring (bicyclic) bond motifs is 1. The van der Waals surface area contributed by atoms with Gasteiger partial charge in [-0.3, -0.25) is 9.69 Å². The Morgan fingerprint density at radius 1 is 1.27 bits per heavy atom. The second kappa shape index (κ2) is 8.68. The molecule has 2 aliphatic rings. The van der Waals surface area contributed by atoms with Crippen molar-refractivity contribution in [2.45, 2.75) is 0 Å². The molecule has 26 heavy (non-hydrogen) atoms.